The van der Waals surface area contributed by atoms with Crippen molar-refractivity contribution in [1.29, 1.82) is 0 Å². The number of nitrogens with one attached hydrogen (secondary N) is 3. The van der Waals surface area contributed by atoms with E-state index in [0.29, 0.717) is 27.4 Å². The summed E-state index contributed by atoms with van der Waals surface area (Å²) in [7, 11) is 0. The number of fused-ring (bicyclic) bond motifs is 2. The number of halogens is 1. The number of rotatable bonds is 3. The van der Waals surface area contributed by atoms with Crippen molar-refractivity contribution >= 4 is 33.8 Å². The summed E-state index contributed by atoms with van der Waals surface area (Å²) in [4.78, 5) is 31.7. The van der Waals surface area contributed by atoms with E-state index in [1.807, 2.05) is 6.92 Å². The third-order valence-corrected chi connectivity index (χ3v) is 4.35. The molecule has 25 heavy (non-hydrogen) atoms. The zero-order valence-electron chi connectivity index (χ0n) is 13.2. The number of nitrogens with zero attached hydrogens (tertiary/aromatic N) is 2. The molecule has 7 nitrogen and oxygen atoms in total. The van der Waals surface area contributed by atoms with Gasteiger partial charge < -0.3 is 10.3 Å². The number of H-pyrrole nitrogens is 2. The molecule has 8 heteroatoms. The molecule has 126 valence electrons. The predicted octanol–water partition coefficient (Wildman–Crippen LogP) is 2.69. The molecule has 3 N–H and O–H groups in total. The number of hydrogen-bond acceptors (Lipinski definition) is 4. The molecule has 1 aromatic carbocycles. The highest BCUT2D eigenvalue weighted by atomic mass is 35.5. The lowest BCUT2D eigenvalue weighted by Gasteiger charge is -2.15. The monoisotopic (exact) mass is 355 g/mol. The first-order chi connectivity index (χ1) is 12.0. The number of hydrogen-bond donors (Lipinski definition) is 3. The molecular weight excluding hydrogens is 342 g/mol. The second kappa shape index (κ2) is 5.78. The van der Waals surface area contributed by atoms with Crippen molar-refractivity contribution in [2.24, 2.45) is 0 Å². The molecule has 1 atom stereocenters. The predicted molar refractivity (Wildman–Crippen MR) is 97.4 cm³/mol. The zero-order valence-corrected chi connectivity index (χ0v) is 14.0. The van der Waals surface area contributed by atoms with Crippen LogP contribution in [0.3, 0.4) is 0 Å². The van der Waals surface area contributed by atoms with Gasteiger partial charge in [-0.1, -0.05) is 11.6 Å². The molecule has 0 aliphatic carbocycles. The normalized spacial score (nSPS) is 12.6. The molecule has 0 fully saturated rings. The molecule has 0 aliphatic heterocycles. The van der Waals surface area contributed by atoms with Crippen LogP contribution in [-0.4, -0.2) is 19.6 Å². The standard InChI is InChI=1S/C17H14ClN5O2/c1-9(21-14-4-5-15-19-8-20-23(15)17(14)25)12-7-10-6-11(18)2-3-13(10)22-16(12)24/h2-9,21H,1H3,(H,19,20)(H,22,24)/t9-/m0/s1. The molecule has 0 spiro atoms. The van der Waals surface area contributed by atoms with Gasteiger partial charge in [0.05, 0.1) is 6.04 Å². The molecule has 0 unspecified atom stereocenters. The molecule has 4 rings (SSSR count). The second-order valence-electron chi connectivity index (χ2n) is 5.78. The van der Waals surface area contributed by atoms with Gasteiger partial charge in [-0.25, -0.2) is 4.98 Å². The van der Waals surface area contributed by atoms with Crippen LogP contribution >= 0.6 is 11.6 Å². The van der Waals surface area contributed by atoms with Crippen molar-refractivity contribution < 1.29 is 0 Å². The summed E-state index contributed by atoms with van der Waals surface area (Å²) < 4.78 is 1.33. The molecule has 3 aromatic heterocycles. The van der Waals surface area contributed by atoms with Gasteiger partial charge in [0, 0.05) is 21.5 Å². The largest absolute Gasteiger partial charge is 0.374 e. The average Bonchev–Trinajstić information content (AvgIpc) is 3.06. The lowest BCUT2D eigenvalue weighted by atomic mass is 10.1. The van der Waals surface area contributed by atoms with Crippen LogP contribution in [0.5, 0.6) is 0 Å². The lowest BCUT2D eigenvalue weighted by molar-refractivity contribution is 0.849. The summed E-state index contributed by atoms with van der Waals surface area (Å²) in [6.45, 7) is 1.82. The van der Waals surface area contributed by atoms with Crippen LogP contribution in [0.25, 0.3) is 16.6 Å². The minimum atomic E-state index is -0.374. The van der Waals surface area contributed by atoms with Gasteiger partial charge in [-0.2, -0.15) is 4.52 Å². The van der Waals surface area contributed by atoms with Crippen LogP contribution in [0.4, 0.5) is 5.69 Å². The number of benzene rings is 1. The second-order valence-corrected chi connectivity index (χ2v) is 6.22. The summed E-state index contributed by atoms with van der Waals surface area (Å²) in [5.74, 6) is 0. The molecule has 0 bridgehead atoms. The first-order valence-corrected chi connectivity index (χ1v) is 8.05. The van der Waals surface area contributed by atoms with Crippen molar-refractivity contribution in [3.63, 3.8) is 0 Å². The molecule has 0 radical (unpaired) electrons. The van der Waals surface area contributed by atoms with E-state index in [4.69, 9.17) is 11.6 Å². The maximum absolute atomic E-state index is 12.4. The molecule has 0 amide bonds. The number of anilines is 1. The fourth-order valence-corrected chi connectivity index (χ4v) is 3.02. The summed E-state index contributed by atoms with van der Waals surface area (Å²) >= 11 is 6.02. The van der Waals surface area contributed by atoms with E-state index >= 15 is 0 Å². The minimum Gasteiger partial charge on any atom is -0.374 e. The van der Waals surface area contributed by atoms with E-state index in [1.165, 1.54) is 10.8 Å². The van der Waals surface area contributed by atoms with E-state index < -0.39 is 0 Å². The highest BCUT2D eigenvalue weighted by molar-refractivity contribution is 6.31. The van der Waals surface area contributed by atoms with Crippen molar-refractivity contribution in [3.8, 4) is 0 Å². The van der Waals surface area contributed by atoms with Gasteiger partial charge in [-0.15, -0.1) is 0 Å². The van der Waals surface area contributed by atoms with Gasteiger partial charge in [0.15, 0.2) is 5.65 Å². The number of aromatic amines is 2. The third-order valence-electron chi connectivity index (χ3n) is 4.12. The van der Waals surface area contributed by atoms with Gasteiger partial charge in [0.1, 0.15) is 12.0 Å². The Bertz CT molecular complexity index is 1210. The minimum absolute atomic E-state index is 0.211. The third kappa shape index (κ3) is 2.68. The summed E-state index contributed by atoms with van der Waals surface area (Å²) in [6, 6.07) is 10.1. The Balaban J connectivity index is 1.75. The maximum atomic E-state index is 12.4. The average molecular weight is 356 g/mol. The SMILES string of the molecule is C[C@H](Nc1ccc2nc[nH]n2c1=O)c1cc2cc(Cl)ccc2[nH]c1=O. The fraction of sp³-hybridized carbons (Fsp3) is 0.118. The molecule has 3 heterocycles. The highest BCUT2D eigenvalue weighted by Crippen LogP contribution is 2.21. The van der Waals surface area contributed by atoms with E-state index in [2.05, 4.69) is 20.4 Å². The van der Waals surface area contributed by atoms with E-state index in [-0.39, 0.29) is 17.2 Å². The van der Waals surface area contributed by atoms with Crippen LogP contribution in [0.15, 0.2) is 52.3 Å². The molecular formula is C17H14ClN5O2. The number of aromatic nitrogens is 4. The van der Waals surface area contributed by atoms with Crippen LogP contribution in [0.1, 0.15) is 18.5 Å². The topological polar surface area (TPSA) is 95.1 Å². The Hall–Kier alpha value is -3.06. The Labute approximate surface area is 146 Å². The van der Waals surface area contributed by atoms with Crippen LogP contribution in [0, 0.1) is 0 Å². The molecule has 0 saturated heterocycles. The Morgan fingerprint density at radius 2 is 2.04 bits per heavy atom. The van der Waals surface area contributed by atoms with Crippen LogP contribution < -0.4 is 16.4 Å². The first kappa shape index (κ1) is 15.5. The zero-order chi connectivity index (χ0) is 17.6. The quantitative estimate of drug-likeness (QED) is 0.526. The summed E-state index contributed by atoms with van der Waals surface area (Å²) in [5, 5.41) is 7.27. The number of pyridine rings is 2. The summed E-state index contributed by atoms with van der Waals surface area (Å²) in [6.07, 6.45) is 1.45. The first-order valence-electron chi connectivity index (χ1n) is 7.67. The van der Waals surface area contributed by atoms with Gasteiger partial charge >= 0.3 is 0 Å². The van der Waals surface area contributed by atoms with Gasteiger partial charge in [0.2, 0.25) is 0 Å². The van der Waals surface area contributed by atoms with Gasteiger partial charge in [0.25, 0.3) is 11.1 Å². The van der Waals surface area contributed by atoms with Gasteiger partial charge in [-0.05, 0) is 43.3 Å². The fourth-order valence-electron chi connectivity index (χ4n) is 2.84. The summed E-state index contributed by atoms with van der Waals surface area (Å²) in [5.41, 5.74) is 1.66. The van der Waals surface area contributed by atoms with E-state index in [0.717, 1.165) is 5.39 Å². The van der Waals surface area contributed by atoms with Crippen molar-refractivity contribution in [3.05, 3.63) is 74.0 Å². The molecule has 0 aliphatic rings. The van der Waals surface area contributed by atoms with E-state index in [9.17, 15) is 9.59 Å². The van der Waals surface area contributed by atoms with E-state index in [1.54, 1.807) is 36.4 Å². The Morgan fingerprint density at radius 3 is 2.88 bits per heavy atom. The van der Waals surface area contributed by atoms with Crippen LogP contribution in [-0.2, 0) is 0 Å². The smallest absolute Gasteiger partial charge is 0.294 e. The van der Waals surface area contributed by atoms with Crippen molar-refractivity contribution in [1.82, 2.24) is 19.6 Å². The Morgan fingerprint density at radius 1 is 1.20 bits per heavy atom. The Kier molecular flexibility index (Phi) is 3.58. The molecule has 4 aromatic rings. The maximum Gasteiger partial charge on any atom is 0.294 e. The van der Waals surface area contributed by atoms with Crippen LogP contribution in [0.2, 0.25) is 5.02 Å². The highest BCUT2D eigenvalue weighted by Gasteiger charge is 2.14. The van der Waals surface area contributed by atoms with Crippen molar-refractivity contribution in [2.45, 2.75) is 13.0 Å². The molecule has 0 saturated carbocycles. The lowest BCUT2D eigenvalue weighted by Crippen LogP contribution is -2.24. The van der Waals surface area contributed by atoms with Crippen molar-refractivity contribution in [2.75, 3.05) is 5.32 Å². The van der Waals surface area contributed by atoms with Gasteiger partial charge in [-0.3, -0.25) is 14.7 Å².